The number of hydrogen-bond acceptors (Lipinski definition) is 5. The van der Waals surface area contributed by atoms with Gasteiger partial charge in [-0.15, -0.1) is 0 Å². The topological polar surface area (TPSA) is 47.4 Å². The van der Waals surface area contributed by atoms with Crippen LogP contribution in [0.1, 0.15) is 16.7 Å². The maximum atomic E-state index is 13.3. The summed E-state index contributed by atoms with van der Waals surface area (Å²) in [5.74, 6) is 0.757. The van der Waals surface area contributed by atoms with Crippen molar-refractivity contribution in [2.75, 3.05) is 13.7 Å². The number of aryl methyl sites for hydroxylation is 1. The second-order valence-electron chi connectivity index (χ2n) is 8.47. The maximum absolute atomic E-state index is 13.3. The highest BCUT2D eigenvalue weighted by atomic mass is 32.2. The molecule has 4 aromatic rings. The van der Waals surface area contributed by atoms with Gasteiger partial charge in [0.15, 0.2) is 0 Å². The zero-order valence-electron chi connectivity index (χ0n) is 20.0. The molecule has 2 heterocycles. The number of nitrogens with zero attached hydrogens (tertiary/aromatic N) is 3. The third-order valence-corrected chi connectivity index (χ3v) is 7.44. The average molecular weight is 512 g/mol. The van der Waals surface area contributed by atoms with Crippen molar-refractivity contribution >= 4 is 40.3 Å². The molecular formula is C29H25N3O2S2. The zero-order valence-corrected chi connectivity index (χ0v) is 21.7. The quantitative estimate of drug-likeness (QED) is 0.215. The highest BCUT2D eigenvalue weighted by molar-refractivity contribution is 8.26. The zero-order chi connectivity index (χ0) is 25.1. The predicted octanol–water partition coefficient (Wildman–Crippen LogP) is 6.30. The molecule has 0 radical (unpaired) electrons. The Morgan fingerprint density at radius 3 is 2.44 bits per heavy atom. The van der Waals surface area contributed by atoms with Crippen molar-refractivity contribution < 1.29 is 9.53 Å². The molecule has 0 saturated carbocycles. The minimum Gasteiger partial charge on any atom is -0.496 e. The van der Waals surface area contributed by atoms with Crippen molar-refractivity contribution in [2.45, 2.75) is 13.3 Å². The van der Waals surface area contributed by atoms with E-state index in [-0.39, 0.29) is 5.91 Å². The van der Waals surface area contributed by atoms with Crippen LogP contribution in [0, 0.1) is 6.92 Å². The molecule has 0 N–H and O–H groups in total. The molecule has 5 rings (SSSR count). The lowest BCUT2D eigenvalue weighted by Gasteiger charge is -2.14. The molecule has 36 heavy (non-hydrogen) atoms. The van der Waals surface area contributed by atoms with E-state index in [9.17, 15) is 4.79 Å². The van der Waals surface area contributed by atoms with Crippen LogP contribution in [0.15, 0.2) is 90.0 Å². The number of rotatable bonds is 7. The van der Waals surface area contributed by atoms with E-state index in [2.05, 4.69) is 18.2 Å². The van der Waals surface area contributed by atoms with Crippen LogP contribution >= 0.6 is 24.0 Å². The standard InChI is InChI=1S/C29H25N3O2S2/c1-20-17-22(13-14-25(20)34-2)27-23(19-32(30-27)24-11-7-4-8-12-24)18-26-28(33)31(29(35)36-26)16-15-21-9-5-3-6-10-21/h3-14,17-19H,15-16H2,1-2H3. The fourth-order valence-corrected chi connectivity index (χ4v) is 5.48. The van der Waals surface area contributed by atoms with Crippen molar-refractivity contribution in [2.24, 2.45) is 0 Å². The Kier molecular flexibility index (Phi) is 7.02. The summed E-state index contributed by atoms with van der Waals surface area (Å²) in [6.07, 6.45) is 4.62. The summed E-state index contributed by atoms with van der Waals surface area (Å²) in [6, 6.07) is 26.1. The summed E-state index contributed by atoms with van der Waals surface area (Å²) in [5.41, 5.74) is 5.73. The van der Waals surface area contributed by atoms with Gasteiger partial charge >= 0.3 is 0 Å². The Bertz CT molecular complexity index is 1450. The number of ether oxygens (including phenoxy) is 1. The molecule has 1 aromatic heterocycles. The molecule has 1 aliphatic heterocycles. The minimum absolute atomic E-state index is 0.0646. The summed E-state index contributed by atoms with van der Waals surface area (Å²) in [7, 11) is 1.66. The number of para-hydroxylation sites is 1. The van der Waals surface area contributed by atoms with E-state index in [1.807, 2.05) is 84.5 Å². The second kappa shape index (κ2) is 10.5. The Hall–Kier alpha value is -3.68. The van der Waals surface area contributed by atoms with E-state index < -0.39 is 0 Å². The van der Waals surface area contributed by atoms with Crippen LogP contribution in [0.2, 0.25) is 0 Å². The largest absolute Gasteiger partial charge is 0.496 e. The van der Waals surface area contributed by atoms with E-state index >= 15 is 0 Å². The first kappa shape index (κ1) is 24.0. The predicted molar refractivity (Wildman–Crippen MR) is 150 cm³/mol. The van der Waals surface area contributed by atoms with Gasteiger partial charge in [-0.1, -0.05) is 72.5 Å². The van der Waals surface area contributed by atoms with Crippen molar-refractivity contribution in [3.63, 3.8) is 0 Å². The van der Waals surface area contributed by atoms with Crippen LogP contribution < -0.4 is 4.74 Å². The molecule has 0 unspecified atom stereocenters. The van der Waals surface area contributed by atoms with Crippen LogP contribution in [0.5, 0.6) is 5.75 Å². The number of benzene rings is 3. The Balaban J connectivity index is 1.49. The molecule has 1 amide bonds. The maximum Gasteiger partial charge on any atom is 0.266 e. The molecule has 0 aliphatic carbocycles. The first-order valence-corrected chi connectivity index (χ1v) is 12.9. The lowest BCUT2D eigenvalue weighted by Crippen LogP contribution is -2.30. The minimum atomic E-state index is -0.0646. The molecule has 1 saturated heterocycles. The summed E-state index contributed by atoms with van der Waals surface area (Å²) in [4.78, 5) is 15.6. The van der Waals surface area contributed by atoms with Crippen molar-refractivity contribution in [1.29, 1.82) is 0 Å². The first-order chi connectivity index (χ1) is 17.5. The van der Waals surface area contributed by atoms with Crippen LogP contribution in [0.4, 0.5) is 0 Å². The van der Waals surface area contributed by atoms with Gasteiger partial charge in [0.05, 0.1) is 17.7 Å². The fourth-order valence-electron chi connectivity index (χ4n) is 4.18. The molecule has 0 bridgehead atoms. The van der Waals surface area contributed by atoms with Gasteiger partial charge in [-0.2, -0.15) is 5.10 Å². The number of aromatic nitrogens is 2. The van der Waals surface area contributed by atoms with Gasteiger partial charge in [-0.3, -0.25) is 9.69 Å². The number of carbonyl (C=O) groups is 1. The molecule has 3 aromatic carbocycles. The van der Waals surface area contributed by atoms with Crippen LogP contribution in [-0.4, -0.2) is 38.6 Å². The van der Waals surface area contributed by atoms with Crippen LogP contribution in [0.3, 0.4) is 0 Å². The fraction of sp³-hybridized carbons (Fsp3) is 0.138. The number of methoxy groups -OCH3 is 1. The van der Waals surface area contributed by atoms with Crippen LogP contribution in [-0.2, 0) is 11.2 Å². The van der Waals surface area contributed by atoms with Gasteiger partial charge < -0.3 is 4.74 Å². The SMILES string of the molecule is COc1ccc(-c2nn(-c3ccccc3)cc2C=C2SC(=S)N(CCc3ccccc3)C2=O)cc1C. The highest BCUT2D eigenvalue weighted by Gasteiger charge is 2.32. The molecule has 0 spiro atoms. The molecule has 1 aliphatic rings. The third kappa shape index (κ3) is 4.98. The third-order valence-electron chi connectivity index (χ3n) is 6.06. The van der Waals surface area contributed by atoms with E-state index in [1.165, 1.54) is 17.3 Å². The van der Waals surface area contributed by atoms with E-state index in [0.29, 0.717) is 15.8 Å². The summed E-state index contributed by atoms with van der Waals surface area (Å²) in [5, 5.41) is 4.89. The van der Waals surface area contributed by atoms with Crippen molar-refractivity contribution in [3.8, 4) is 22.7 Å². The van der Waals surface area contributed by atoms with Gasteiger partial charge in [0, 0.05) is 23.9 Å². The Morgan fingerprint density at radius 2 is 1.75 bits per heavy atom. The summed E-state index contributed by atoms with van der Waals surface area (Å²) >= 11 is 6.91. The van der Waals surface area contributed by atoms with Crippen molar-refractivity contribution in [1.82, 2.24) is 14.7 Å². The number of carbonyl (C=O) groups excluding carboxylic acids is 1. The van der Waals surface area contributed by atoms with Gasteiger partial charge in [0.1, 0.15) is 15.8 Å². The van der Waals surface area contributed by atoms with E-state index in [0.717, 1.165) is 40.2 Å². The van der Waals surface area contributed by atoms with Crippen molar-refractivity contribution in [3.05, 3.63) is 107 Å². The summed E-state index contributed by atoms with van der Waals surface area (Å²) in [6.45, 7) is 2.56. The Morgan fingerprint density at radius 1 is 1.03 bits per heavy atom. The highest BCUT2D eigenvalue weighted by Crippen LogP contribution is 2.35. The lowest BCUT2D eigenvalue weighted by molar-refractivity contribution is -0.122. The lowest BCUT2D eigenvalue weighted by atomic mass is 10.0. The number of thioether (sulfide) groups is 1. The monoisotopic (exact) mass is 511 g/mol. The molecule has 0 atom stereocenters. The number of amides is 1. The van der Waals surface area contributed by atoms with Gasteiger partial charge in [-0.05, 0) is 60.9 Å². The normalized spacial score (nSPS) is 14.6. The number of hydrogen-bond donors (Lipinski definition) is 0. The smallest absolute Gasteiger partial charge is 0.266 e. The summed E-state index contributed by atoms with van der Waals surface area (Å²) < 4.78 is 7.86. The van der Waals surface area contributed by atoms with E-state index in [4.69, 9.17) is 22.1 Å². The molecule has 180 valence electrons. The van der Waals surface area contributed by atoms with Gasteiger partial charge in [0.25, 0.3) is 5.91 Å². The van der Waals surface area contributed by atoms with E-state index in [1.54, 1.807) is 12.0 Å². The van der Waals surface area contributed by atoms with Crippen LogP contribution in [0.25, 0.3) is 23.0 Å². The molecule has 7 heteroatoms. The first-order valence-electron chi connectivity index (χ1n) is 11.6. The molecule has 5 nitrogen and oxygen atoms in total. The average Bonchev–Trinajstić information content (AvgIpc) is 3.44. The number of thiocarbonyl (C=S) groups is 1. The molecule has 1 fully saturated rings. The molecular weight excluding hydrogens is 486 g/mol. The van der Waals surface area contributed by atoms with Gasteiger partial charge in [0.2, 0.25) is 0 Å². The second-order valence-corrected chi connectivity index (χ2v) is 10.1. The van der Waals surface area contributed by atoms with Gasteiger partial charge in [-0.25, -0.2) is 4.68 Å². The Labute approximate surface area is 220 Å².